The topological polar surface area (TPSA) is 70.1 Å². The zero-order valence-electron chi connectivity index (χ0n) is 19.0. The van der Waals surface area contributed by atoms with Gasteiger partial charge in [-0.2, -0.15) is 5.10 Å². The predicted molar refractivity (Wildman–Crippen MR) is 133 cm³/mol. The number of nitrogens with zero attached hydrogens (tertiary/aromatic N) is 2. The molecule has 1 unspecified atom stereocenters. The molecular formula is C27H25ClFN3O2. The molecule has 7 heteroatoms. The van der Waals surface area contributed by atoms with Crippen molar-refractivity contribution in [1.29, 1.82) is 0 Å². The van der Waals surface area contributed by atoms with Crippen molar-refractivity contribution < 1.29 is 9.13 Å². The summed E-state index contributed by atoms with van der Waals surface area (Å²) in [7, 11) is 1.57. The summed E-state index contributed by atoms with van der Waals surface area (Å²) >= 11 is 6.29. The first-order valence-corrected chi connectivity index (χ1v) is 11.2. The molecule has 34 heavy (non-hydrogen) atoms. The number of halogens is 2. The number of hydrogen-bond donors (Lipinski definition) is 1. The molecule has 1 atom stereocenters. The van der Waals surface area contributed by atoms with Gasteiger partial charge in [-0.25, -0.2) is 9.07 Å². The SMILES string of the molecule is COc1cccc(-c2c(C)c(Cc3c(F)cccc3Cl)nn(CC(N)c3ccccc3)c2=O)c1. The second-order valence-electron chi connectivity index (χ2n) is 8.06. The second kappa shape index (κ2) is 10.2. The van der Waals surface area contributed by atoms with Gasteiger partial charge in [0, 0.05) is 23.0 Å². The summed E-state index contributed by atoms with van der Waals surface area (Å²) in [5.74, 6) is 0.203. The fourth-order valence-electron chi connectivity index (χ4n) is 3.97. The summed E-state index contributed by atoms with van der Waals surface area (Å²) < 4.78 is 21.3. The molecule has 0 bridgehead atoms. The van der Waals surface area contributed by atoms with Crippen molar-refractivity contribution in [1.82, 2.24) is 9.78 Å². The van der Waals surface area contributed by atoms with Gasteiger partial charge in [-0.3, -0.25) is 4.79 Å². The van der Waals surface area contributed by atoms with E-state index in [1.165, 1.54) is 10.7 Å². The summed E-state index contributed by atoms with van der Waals surface area (Å²) in [6, 6.07) is 20.9. The van der Waals surface area contributed by atoms with Crippen molar-refractivity contribution in [3.63, 3.8) is 0 Å². The van der Waals surface area contributed by atoms with Crippen LogP contribution in [0.25, 0.3) is 11.1 Å². The van der Waals surface area contributed by atoms with Crippen LogP contribution >= 0.6 is 11.6 Å². The lowest BCUT2D eigenvalue weighted by Gasteiger charge is -2.18. The smallest absolute Gasteiger partial charge is 0.274 e. The lowest BCUT2D eigenvalue weighted by Crippen LogP contribution is -2.32. The van der Waals surface area contributed by atoms with E-state index in [1.807, 2.05) is 55.5 Å². The summed E-state index contributed by atoms with van der Waals surface area (Å²) in [6.45, 7) is 1.98. The van der Waals surface area contributed by atoms with Crippen LogP contribution in [0.2, 0.25) is 5.02 Å². The fourth-order valence-corrected chi connectivity index (χ4v) is 4.20. The Labute approximate surface area is 202 Å². The molecular weight excluding hydrogens is 453 g/mol. The maximum absolute atomic E-state index is 14.6. The maximum atomic E-state index is 14.6. The van der Waals surface area contributed by atoms with Crippen molar-refractivity contribution >= 4 is 11.6 Å². The van der Waals surface area contributed by atoms with Gasteiger partial charge in [0.25, 0.3) is 5.56 Å². The quantitative estimate of drug-likeness (QED) is 0.391. The van der Waals surface area contributed by atoms with Crippen LogP contribution in [0.1, 0.15) is 28.4 Å². The van der Waals surface area contributed by atoms with E-state index >= 15 is 0 Å². The van der Waals surface area contributed by atoms with Gasteiger partial charge in [0.1, 0.15) is 11.6 Å². The van der Waals surface area contributed by atoms with E-state index in [2.05, 4.69) is 5.10 Å². The van der Waals surface area contributed by atoms with Gasteiger partial charge in [0.2, 0.25) is 0 Å². The van der Waals surface area contributed by atoms with E-state index in [1.54, 1.807) is 25.3 Å². The number of benzene rings is 3. The van der Waals surface area contributed by atoms with E-state index < -0.39 is 11.9 Å². The van der Waals surface area contributed by atoms with E-state index in [4.69, 9.17) is 22.1 Å². The molecule has 1 heterocycles. The third-order valence-corrected chi connectivity index (χ3v) is 6.21. The van der Waals surface area contributed by atoms with Gasteiger partial charge in [-0.1, -0.05) is 60.1 Å². The molecule has 0 aliphatic heterocycles. The highest BCUT2D eigenvalue weighted by Gasteiger charge is 2.20. The van der Waals surface area contributed by atoms with Crippen LogP contribution in [0.5, 0.6) is 5.75 Å². The van der Waals surface area contributed by atoms with E-state index in [-0.39, 0.29) is 18.5 Å². The average Bonchev–Trinajstić information content (AvgIpc) is 2.85. The third-order valence-electron chi connectivity index (χ3n) is 5.86. The summed E-state index contributed by atoms with van der Waals surface area (Å²) in [4.78, 5) is 13.6. The van der Waals surface area contributed by atoms with E-state index in [0.29, 0.717) is 38.7 Å². The first kappa shape index (κ1) is 23.7. The molecule has 4 aromatic rings. The number of rotatable bonds is 7. The molecule has 3 aromatic carbocycles. The van der Waals surface area contributed by atoms with Crippen LogP contribution in [0.15, 0.2) is 77.6 Å². The molecule has 4 rings (SSSR count). The molecule has 1 aromatic heterocycles. The van der Waals surface area contributed by atoms with Gasteiger partial charge in [-0.05, 0) is 47.9 Å². The lowest BCUT2D eigenvalue weighted by atomic mass is 9.97. The minimum Gasteiger partial charge on any atom is -0.497 e. The average molecular weight is 478 g/mol. The molecule has 0 aliphatic rings. The monoisotopic (exact) mass is 477 g/mol. The van der Waals surface area contributed by atoms with Crippen LogP contribution in [0.4, 0.5) is 4.39 Å². The third kappa shape index (κ3) is 4.88. The first-order chi connectivity index (χ1) is 16.4. The Balaban J connectivity index is 1.87. The Morgan fingerprint density at radius 3 is 2.53 bits per heavy atom. The van der Waals surface area contributed by atoms with Crippen LogP contribution in [0.3, 0.4) is 0 Å². The molecule has 0 radical (unpaired) electrons. The van der Waals surface area contributed by atoms with Crippen LogP contribution in [-0.2, 0) is 13.0 Å². The highest BCUT2D eigenvalue weighted by molar-refractivity contribution is 6.31. The Morgan fingerprint density at radius 1 is 1.09 bits per heavy atom. The number of hydrogen-bond acceptors (Lipinski definition) is 4. The number of aromatic nitrogens is 2. The summed E-state index contributed by atoms with van der Waals surface area (Å²) in [5.41, 5.74) is 9.71. The molecule has 0 amide bonds. The van der Waals surface area contributed by atoms with Crippen molar-refractivity contribution in [2.45, 2.75) is 25.9 Å². The minimum atomic E-state index is -0.447. The normalized spacial score (nSPS) is 11.9. The number of nitrogens with two attached hydrogens (primary N) is 1. The second-order valence-corrected chi connectivity index (χ2v) is 8.47. The first-order valence-electron chi connectivity index (χ1n) is 10.9. The highest BCUT2D eigenvalue weighted by Crippen LogP contribution is 2.28. The van der Waals surface area contributed by atoms with Gasteiger partial charge < -0.3 is 10.5 Å². The largest absolute Gasteiger partial charge is 0.497 e. The van der Waals surface area contributed by atoms with E-state index in [9.17, 15) is 9.18 Å². The number of methoxy groups -OCH3 is 1. The Hall–Kier alpha value is -3.48. The zero-order chi connectivity index (χ0) is 24.2. The zero-order valence-corrected chi connectivity index (χ0v) is 19.7. The molecule has 0 aliphatic carbocycles. The number of ether oxygens (including phenoxy) is 1. The van der Waals surface area contributed by atoms with Gasteiger partial charge in [0.05, 0.1) is 24.9 Å². The molecule has 2 N–H and O–H groups in total. The van der Waals surface area contributed by atoms with Crippen molar-refractivity contribution in [3.05, 3.63) is 116 Å². The Bertz CT molecular complexity index is 1350. The van der Waals surface area contributed by atoms with Gasteiger partial charge in [0.15, 0.2) is 0 Å². The molecule has 0 saturated carbocycles. The van der Waals surface area contributed by atoms with Gasteiger partial charge in [-0.15, -0.1) is 0 Å². The molecule has 5 nitrogen and oxygen atoms in total. The summed E-state index contributed by atoms with van der Waals surface area (Å²) in [6.07, 6.45) is 0.134. The van der Waals surface area contributed by atoms with Crippen LogP contribution < -0.4 is 16.0 Å². The molecule has 0 saturated heterocycles. The van der Waals surface area contributed by atoms with Crippen molar-refractivity contribution in [2.75, 3.05) is 7.11 Å². The summed E-state index contributed by atoms with van der Waals surface area (Å²) in [5, 5.41) is 4.92. The van der Waals surface area contributed by atoms with E-state index in [0.717, 1.165) is 5.56 Å². The van der Waals surface area contributed by atoms with Gasteiger partial charge >= 0.3 is 0 Å². The minimum absolute atomic E-state index is 0.134. The van der Waals surface area contributed by atoms with Crippen LogP contribution in [0, 0.1) is 12.7 Å². The fraction of sp³-hybridized carbons (Fsp3) is 0.185. The lowest BCUT2D eigenvalue weighted by molar-refractivity contribution is 0.415. The standard InChI is InChI=1S/C27H25ClFN3O2/c1-17-25(15-21-22(28)12-7-13-23(21)29)31-32(16-24(30)18-8-4-3-5-9-18)27(33)26(17)19-10-6-11-20(14-19)34-2/h3-14,24H,15-16,30H2,1-2H3. The predicted octanol–water partition coefficient (Wildman–Crippen LogP) is 5.31. The van der Waals surface area contributed by atoms with Crippen LogP contribution in [-0.4, -0.2) is 16.9 Å². The van der Waals surface area contributed by atoms with Crippen molar-refractivity contribution in [2.24, 2.45) is 5.73 Å². The van der Waals surface area contributed by atoms with Crippen molar-refractivity contribution in [3.8, 4) is 16.9 Å². The Kier molecular flexibility index (Phi) is 7.10. The molecule has 0 spiro atoms. The Morgan fingerprint density at radius 2 is 1.82 bits per heavy atom. The molecule has 0 fully saturated rings. The highest BCUT2D eigenvalue weighted by atomic mass is 35.5. The maximum Gasteiger partial charge on any atom is 0.274 e. The molecule has 174 valence electrons.